The zero-order valence-electron chi connectivity index (χ0n) is 20.3. The molecular weight excluding hydrogens is 540 g/mol. The Morgan fingerprint density at radius 3 is 2.22 bits per heavy atom. The molecule has 0 radical (unpaired) electrons. The van der Waals surface area contributed by atoms with E-state index < -0.39 is 47.0 Å². The number of amides is 2. The van der Waals surface area contributed by atoms with E-state index in [0.29, 0.717) is 38.8 Å². The third-order valence-corrected chi connectivity index (χ3v) is 11.7. The Bertz CT molecular complexity index is 1570. The van der Waals surface area contributed by atoms with E-state index in [1.165, 1.54) is 33.1 Å². The SMILES string of the molecule is CCS(=O)(=O)[N+](C(N)=O)(c1ccc2c(c1)C(c1cccc(Cl)c1)Oc1cccc(OC)c1-2)S(=O)(=O)CC. The Kier molecular flexibility index (Phi) is 7.02. The fourth-order valence-corrected chi connectivity index (χ4v) is 8.95. The Labute approximate surface area is 221 Å². The number of hydrogen-bond acceptors (Lipinski definition) is 7. The van der Waals surface area contributed by atoms with Gasteiger partial charge < -0.3 is 15.2 Å². The number of rotatable bonds is 7. The van der Waals surface area contributed by atoms with Gasteiger partial charge in [0.1, 0.15) is 17.6 Å². The van der Waals surface area contributed by atoms with Crippen LogP contribution in [0.25, 0.3) is 11.1 Å². The molecule has 0 saturated heterocycles. The number of hydrogen-bond donors (Lipinski definition) is 1. The summed E-state index contributed by atoms with van der Waals surface area (Å²) in [6.07, 6.45) is -0.809. The lowest BCUT2D eigenvalue weighted by atomic mass is 9.88. The second-order valence-electron chi connectivity index (χ2n) is 8.29. The predicted molar refractivity (Wildman–Crippen MR) is 143 cm³/mol. The van der Waals surface area contributed by atoms with Crippen LogP contribution in [0.1, 0.15) is 31.1 Å². The normalized spacial score (nSPS) is 15.3. The molecule has 1 heterocycles. The molecule has 0 bridgehead atoms. The lowest BCUT2D eigenvalue weighted by Crippen LogP contribution is -2.65. The molecule has 0 saturated carbocycles. The van der Waals surface area contributed by atoms with Crippen molar-refractivity contribution in [3.8, 4) is 22.6 Å². The molecule has 4 rings (SSSR count). The van der Waals surface area contributed by atoms with Gasteiger partial charge in [0.25, 0.3) is 0 Å². The van der Waals surface area contributed by atoms with Gasteiger partial charge in [0.2, 0.25) is 0 Å². The summed E-state index contributed by atoms with van der Waals surface area (Å²) < 4.78 is 63.3. The molecule has 0 aliphatic carbocycles. The third kappa shape index (κ3) is 4.06. The molecule has 1 unspecified atom stereocenters. The van der Waals surface area contributed by atoms with Crippen molar-refractivity contribution in [2.45, 2.75) is 20.0 Å². The molecule has 1 aliphatic heterocycles. The van der Waals surface area contributed by atoms with Gasteiger partial charge >= 0.3 is 26.1 Å². The quantitative estimate of drug-likeness (QED) is 0.415. The van der Waals surface area contributed by atoms with Crippen LogP contribution in [-0.4, -0.2) is 41.5 Å². The number of fused-ring (bicyclic) bond motifs is 3. The number of ether oxygens (including phenoxy) is 2. The Balaban J connectivity index is 2.13. The van der Waals surface area contributed by atoms with Crippen LogP contribution >= 0.6 is 11.6 Å². The van der Waals surface area contributed by atoms with Gasteiger partial charge in [0.15, 0.2) is 5.69 Å². The van der Waals surface area contributed by atoms with Gasteiger partial charge in [-0.25, -0.2) is 4.79 Å². The van der Waals surface area contributed by atoms with E-state index in [9.17, 15) is 21.6 Å². The number of carbonyl (C=O) groups is 1. The van der Waals surface area contributed by atoms with E-state index in [4.69, 9.17) is 26.8 Å². The third-order valence-electron chi connectivity index (χ3n) is 6.33. The molecule has 0 spiro atoms. The first-order valence-electron chi connectivity index (χ1n) is 11.3. The van der Waals surface area contributed by atoms with E-state index in [-0.39, 0.29) is 5.69 Å². The van der Waals surface area contributed by atoms with Gasteiger partial charge in [-0.2, -0.15) is 16.8 Å². The zero-order valence-corrected chi connectivity index (χ0v) is 22.7. The summed E-state index contributed by atoms with van der Waals surface area (Å²) in [6, 6.07) is 14.8. The molecule has 2 N–H and O–H groups in total. The highest BCUT2D eigenvalue weighted by Crippen LogP contribution is 2.50. The molecule has 12 heteroatoms. The minimum Gasteiger partial charge on any atom is -0.496 e. The van der Waals surface area contributed by atoms with Crippen molar-refractivity contribution in [2.24, 2.45) is 5.73 Å². The maximum atomic E-state index is 13.4. The molecule has 0 aromatic heterocycles. The molecule has 1 atom stereocenters. The number of halogens is 1. The van der Waals surface area contributed by atoms with Crippen LogP contribution < -0.4 is 18.5 Å². The second-order valence-corrected chi connectivity index (χ2v) is 13.5. The number of nitrogens with two attached hydrogens (primary N) is 1. The Morgan fingerprint density at radius 1 is 1.00 bits per heavy atom. The van der Waals surface area contributed by atoms with Crippen LogP contribution in [0.15, 0.2) is 60.7 Å². The van der Waals surface area contributed by atoms with Crippen LogP contribution in [0.4, 0.5) is 10.5 Å². The van der Waals surface area contributed by atoms with E-state index in [1.54, 1.807) is 48.5 Å². The number of quaternary nitrogens is 1. The topological polar surface area (TPSA) is 130 Å². The highest BCUT2D eigenvalue weighted by molar-refractivity contribution is 8.08. The van der Waals surface area contributed by atoms with Crippen molar-refractivity contribution in [2.75, 3.05) is 18.6 Å². The number of methoxy groups -OCH3 is 1. The van der Waals surface area contributed by atoms with Crippen LogP contribution in [-0.2, 0) is 20.0 Å². The number of carbonyl (C=O) groups excluding carboxylic acids is 1. The van der Waals surface area contributed by atoms with Crippen molar-refractivity contribution in [3.05, 3.63) is 76.8 Å². The van der Waals surface area contributed by atoms with Gasteiger partial charge in [-0.1, -0.05) is 29.8 Å². The van der Waals surface area contributed by atoms with E-state index in [0.717, 1.165) is 0 Å². The van der Waals surface area contributed by atoms with Gasteiger partial charge in [-0.05, 0) is 58.6 Å². The van der Waals surface area contributed by atoms with E-state index in [1.807, 2.05) is 0 Å². The summed E-state index contributed by atoms with van der Waals surface area (Å²) >= 11 is 6.24. The Hall–Kier alpha value is -3.12. The maximum absolute atomic E-state index is 13.4. The number of sulfonamides is 2. The molecule has 2 amide bonds. The van der Waals surface area contributed by atoms with Crippen molar-refractivity contribution in [3.63, 3.8) is 0 Å². The molecule has 0 fully saturated rings. The summed E-state index contributed by atoms with van der Waals surface area (Å²) in [7, 11) is -7.79. The highest BCUT2D eigenvalue weighted by atomic mass is 35.5. The first-order chi connectivity index (χ1) is 17.4. The molecular formula is C25H26ClN2O7S2+. The molecule has 196 valence electrons. The van der Waals surface area contributed by atoms with E-state index in [2.05, 4.69) is 0 Å². The predicted octanol–water partition coefficient (Wildman–Crippen LogP) is 4.58. The van der Waals surface area contributed by atoms with E-state index >= 15 is 0 Å². The summed E-state index contributed by atoms with van der Waals surface area (Å²) in [5.74, 6) is -0.287. The zero-order chi connectivity index (χ0) is 27.2. The fraction of sp³-hybridized carbons (Fsp3) is 0.240. The molecule has 37 heavy (non-hydrogen) atoms. The highest BCUT2D eigenvalue weighted by Gasteiger charge is 2.60. The van der Waals surface area contributed by atoms with Crippen molar-refractivity contribution < 1.29 is 31.1 Å². The minimum atomic E-state index is -4.64. The summed E-state index contributed by atoms with van der Waals surface area (Å²) in [5.41, 5.74) is 7.52. The van der Waals surface area contributed by atoms with Crippen molar-refractivity contribution >= 4 is 43.4 Å². The largest absolute Gasteiger partial charge is 0.496 e. The maximum Gasteiger partial charge on any atom is 0.450 e. The van der Waals surface area contributed by atoms with Gasteiger partial charge in [-0.15, -0.1) is 0 Å². The van der Waals surface area contributed by atoms with Crippen LogP contribution in [0.2, 0.25) is 5.02 Å². The minimum absolute atomic E-state index is 0.330. The number of primary amides is 1. The molecule has 3 aromatic rings. The van der Waals surface area contributed by atoms with Gasteiger partial charge in [0, 0.05) is 22.7 Å². The van der Waals surface area contributed by atoms with Gasteiger partial charge in [0.05, 0.1) is 24.2 Å². The fourth-order valence-electron chi connectivity index (χ4n) is 4.59. The molecule has 3 aromatic carbocycles. The van der Waals surface area contributed by atoms with Gasteiger partial charge in [-0.3, -0.25) is 0 Å². The average molecular weight is 566 g/mol. The van der Waals surface area contributed by atoms with Crippen LogP contribution in [0.5, 0.6) is 11.5 Å². The summed E-state index contributed by atoms with van der Waals surface area (Å²) in [4.78, 5) is 12.9. The Morgan fingerprint density at radius 2 is 1.65 bits per heavy atom. The monoisotopic (exact) mass is 565 g/mol. The number of nitrogens with zero attached hydrogens (tertiary/aromatic N) is 1. The second kappa shape index (κ2) is 9.64. The average Bonchev–Trinajstić information content (AvgIpc) is 2.87. The number of benzene rings is 3. The standard InChI is InChI=1S/C25H25ClN2O7S2/c1-4-36(30,31)28(25(27)29,37(32,33)5-2)18-12-13-19-20(15-18)24(16-8-6-9-17(26)14-16)35-22-11-7-10-21(34-3)23(19)22/h6-15,24H,4-5H2,1-3H3,(H-,27,29)/p+1. The first kappa shape index (κ1) is 26.9. The van der Waals surface area contributed by atoms with Crippen LogP contribution in [0.3, 0.4) is 0 Å². The molecule has 9 nitrogen and oxygen atoms in total. The lowest BCUT2D eigenvalue weighted by molar-refractivity contribution is 0.240. The lowest BCUT2D eigenvalue weighted by Gasteiger charge is -2.33. The molecule has 1 aliphatic rings. The first-order valence-corrected chi connectivity index (χ1v) is 14.9. The number of urea groups is 1. The van der Waals surface area contributed by atoms with Crippen molar-refractivity contribution in [1.82, 2.24) is 3.29 Å². The summed E-state index contributed by atoms with van der Waals surface area (Å²) in [5, 5.41) is 0.444. The van der Waals surface area contributed by atoms with Crippen LogP contribution in [0, 0.1) is 0 Å². The van der Waals surface area contributed by atoms with Crippen molar-refractivity contribution in [1.29, 1.82) is 0 Å². The summed E-state index contributed by atoms with van der Waals surface area (Å²) in [6.45, 7) is 2.52. The smallest absolute Gasteiger partial charge is 0.450 e.